The van der Waals surface area contributed by atoms with E-state index in [1.807, 2.05) is 4.90 Å². The first-order chi connectivity index (χ1) is 8.25. The molecular formula is C13H25N3O. The van der Waals surface area contributed by atoms with E-state index in [1.54, 1.807) is 6.92 Å². The van der Waals surface area contributed by atoms with Crippen molar-refractivity contribution >= 4 is 5.91 Å². The summed E-state index contributed by atoms with van der Waals surface area (Å²) in [5, 5.41) is 3.54. The first kappa shape index (κ1) is 12.8. The fourth-order valence-electron chi connectivity index (χ4n) is 2.85. The molecule has 4 heteroatoms. The maximum atomic E-state index is 11.2. The van der Waals surface area contributed by atoms with Crippen LogP contribution >= 0.6 is 0 Å². The predicted molar refractivity (Wildman–Crippen MR) is 69.0 cm³/mol. The molecule has 4 nitrogen and oxygen atoms in total. The van der Waals surface area contributed by atoms with Crippen molar-refractivity contribution in [3.8, 4) is 0 Å². The summed E-state index contributed by atoms with van der Waals surface area (Å²) in [5.41, 5.74) is 0. The van der Waals surface area contributed by atoms with Crippen molar-refractivity contribution in [1.82, 2.24) is 15.1 Å². The molecule has 2 aliphatic rings. The summed E-state index contributed by atoms with van der Waals surface area (Å²) in [7, 11) is 0. The zero-order valence-electron chi connectivity index (χ0n) is 11.0. The van der Waals surface area contributed by atoms with Gasteiger partial charge in [0.15, 0.2) is 0 Å². The lowest BCUT2D eigenvalue weighted by Gasteiger charge is -2.34. The van der Waals surface area contributed by atoms with Crippen LogP contribution in [0.1, 0.15) is 32.6 Å². The van der Waals surface area contributed by atoms with Gasteiger partial charge in [-0.1, -0.05) is 0 Å². The van der Waals surface area contributed by atoms with Gasteiger partial charge in [0.25, 0.3) is 0 Å². The third kappa shape index (κ3) is 3.96. The standard InChI is InChI=1S/C13H25N3O/c1-12(17)16-10-8-15(9-11-16)7-3-5-13-4-2-6-14-13/h13-14H,2-11H2,1H3. The summed E-state index contributed by atoms with van der Waals surface area (Å²) in [4.78, 5) is 15.6. The number of nitrogens with one attached hydrogen (secondary N) is 1. The Morgan fingerprint density at radius 3 is 2.65 bits per heavy atom. The molecule has 98 valence electrons. The molecule has 1 atom stereocenters. The van der Waals surface area contributed by atoms with Gasteiger partial charge in [0, 0.05) is 39.1 Å². The molecule has 1 amide bonds. The van der Waals surface area contributed by atoms with Gasteiger partial charge in [-0.25, -0.2) is 0 Å². The van der Waals surface area contributed by atoms with Crippen LogP contribution in [0.15, 0.2) is 0 Å². The van der Waals surface area contributed by atoms with E-state index in [1.165, 1.54) is 38.8 Å². The number of carbonyl (C=O) groups excluding carboxylic acids is 1. The van der Waals surface area contributed by atoms with Crippen molar-refractivity contribution in [3.05, 3.63) is 0 Å². The summed E-state index contributed by atoms with van der Waals surface area (Å²) < 4.78 is 0. The Morgan fingerprint density at radius 2 is 2.06 bits per heavy atom. The lowest BCUT2D eigenvalue weighted by Crippen LogP contribution is -2.48. The second kappa shape index (κ2) is 6.36. The van der Waals surface area contributed by atoms with Crippen LogP contribution in [-0.4, -0.2) is 61.0 Å². The maximum absolute atomic E-state index is 11.2. The summed E-state index contributed by atoms with van der Waals surface area (Å²) in [5.74, 6) is 0.222. The molecule has 0 aromatic heterocycles. The Kier molecular flexibility index (Phi) is 4.80. The van der Waals surface area contributed by atoms with Crippen molar-refractivity contribution in [1.29, 1.82) is 0 Å². The topological polar surface area (TPSA) is 35.6 Å². The van der Waals surface area contributed by atoms with Crippen molar-refractivity contribution in [3.63, 3.8) is 0 Å². The molecule has 2 aliphatic heterocycles. The number of nitrogens with zero attached hydrogens (tertiary/aromatic N) is 2. The Labute approximate surface area is 104 Å². The fourth-order valence-corrected chi connectivity index (χ4v) is 2.85. The number of amides is 1. The van der Waals surface area contributed by atoms with Gasteiger partial charge in [-0.3, -0.25) is 9.69 Å². The third-order valence-electron chi connectivity index (χ3n) is 4.01. The van der Waals surface area contributed by atoms with Gasteiger partial charge in [-0.05, 0) is 38.8 Å². The summed E-state index contributed by atoms with van der Waals surface area (Å²) in [6, 6.07) is 0.772. The highest BCUT2D eigenvalue weighted by molar-refractivity contribution is 5.73. The van der Waals surface area contributed by atoms with Crippen LogP contribution < -0.4 is 5.32 Å². The quantitative estimate of drug-likeness (QED) is 0.784. The minimum absolute atomic E-state index is 0.222. The lowest BCUT2D eigenvalue weighted by atomic mass is 10.1. The highest BCUT2D eigenvalue weighted by Gasteiger charge is 2.19. The van der Waals surface area contributed by atoms with Crippen molar-refractivity contribution in [2.75, 3.05) is 39.3 Å². The van der Waals surface area contributed by atoms with Gasteiger partial charge < -0.3 is 10.2 Å². The monoisotopic (exact) mass is 239 g/mol. The molecule has 0 bridgehead atoms. The summed E-state index contributed by atoms with van der Waals surface area (Å²) >= 11 is 0. The van der Waals surface area contributed by atoms with Crippen molar-refractivity contribution < 1.29 is 4.79 Å². The van der Waals surface area contributed by atoms with Crippen LogP contribution in [-0.2, 0) is 4.79 Å². The van der Waals surface area contributed by atoms with E-state index in [4.69, 9.17) is 0 Å². The first-order valence-corrected chi connectivity index (χ1v) is 6.97. The Balaban J connectivity index is 1.56. The van der Waals surface area contributed by atoms with E-state index in [0.29, 0.717) is 0 Å². The molecule has 0 aliphatic carbocycles. The van der Waals surface area contributed by atoms with Crippen LogP contribution in [0, 0.1) is 0 Å². The van der Waals surface area contributed by atoms with Crippen LogP contribution in [0.2, 0.25) is 0 Å². The fraction of sp³-hybridized carbons (Fsp3) is 0.923. The normalized spacial score (nSPS) is 26.4. The second-order valence-electron chi connectivity index (χ2n) is 5.28. The average Bonchev–Trinajstić information content (AvgIpc) is 2.83. The zero-order valence-corrected chi connectivity index (χ0v) is 11.0. The molecule has 1 N–H and O–H groups in total. The molecule has 0 radical (unpaired) electrons. The first-order valence-electron chi connectivity index (χ1n) is 6.97. The maximum Gasteiger partial charge on any atom is 0.219 e. The highest BCUT2D eigenvalue weighted by atomic mass is 16.2. The number of hydrogen-bond acceptors (Lipinski definition) is 3. The smallest absolute Gasteiger partial charge is 0.219 e. The molecular weight excluding hydrogens is 214 g/mol. The molecule has 0 spiro atoms. The van der Waals surface area contributed by atoms with E-state index in [-0.39, 0.29) is 5.91 Å². The van der Waals surface area contributed by atoms with E-state index < -0.39 is 0 Å². The average molecular weight is 239 g/mol. The number of piperazine rings is 1. The lowest BCUT2D eigenvalue weighted by molar-refractivity contribution is -0.130. The van der Waals surface area contributed by atoms with E-state index >= 15 is 0 Å². The number of carbonyl (C=O) groups is 1. The molecule has 2 saturated heterocycles. The molecule has 17 heavy (non-hydrogen) atoms. The van der Waals surface area contributed by atoms with E-state index in [9.17, 15) is 4.79 Å². The largest absolute Gasteiger partial charge is 0.340 e. The van der Waals surface area contributed by atoms with Gasteiger partial charge in [0.2, 0.25) is 5.91 Å². The molecule has 0 aromatic rings. The van der Waals surface area contributed by atoms with Crippen molar-refractivity contribution in [2.45, 2.75) is 38.6 Å². The van der Waals surface area contributed by atoms with Crippen molar-refractivity contribution in [2.24, 2.45) is 0 Å². The minimum Gasteiger partial charge on any atom is -0.340 e. The molecule has 1 unspecified atom stereocenters. The van der Waals surface area contributed by atoms with Crippen LogP contribution in [0.4, 0.5) is 0 Å². The number of hydrogen-bond donors (Lipinski definition) is 1. The van der Waals surface area contributed by atoms with Crippen LogP contribution in [0.3, 0.4) is 0 Å². The zero-order chi connectivity index (χ0) is 12.1. The Morgan fingerprint density at radius 1 is 1.29 bits per heavy atom. The van der Waals surface area contributed by atoms with E-state index in [2.05, 4.69) is 10.2 Å². The SMILES string of the molecule is CC(=O)N1CCN(CCCC2CCCN2)CC1. The molecule has 0 aromatic carbocycles. The van der Waals surface area contributed by atoms with Gasteiger partial charge in [-0.2, -0.15) is 0 Å². The van der Waals surface area contributed by atoms with Gasteiger partial charge in [-0.15, -0.1) is 0 Å². The molecule has 2 heterocycles. The number of rotatable bonds is 4. The molecule has 2 fully saturated rings. The summed E-state index contributed by atoms with van der Waals surface area (Å²) in [6.07, 6.45) is 5.31. The van der Waals surface area contributed by atoms with Crippen LogP contribution in [0.5, 0.6) is 0 Å². The van der Waals surface area contributed by atoms with Crippen LogP contribution in [0.25, 0.3) is 0 Å². The van der Waals surface area contributed by atoms with Gasteiger partial charge in [0.05, 0.1) is 0 Å². The second-order valence-corrected chi connectivity index (χ2v) is 5.28. The summed E-state index contributed by atoms with van der Waals surface area (Å²) in [6.45, 7) is 8.01. The van der Waals surface area contributed by atoms with Gasteiger partial charge >= 0.3 is 0 Å². The molecule has 2 rings (SSSR count). The minimum atomic E-state index is 0.222. The predicted octanol–water partition coefficient (Wildman–Crippen LogP) is 0.683. The molecule has 0 saturated carbocycles. The van der Waals surface area contributed by atoms with E-state index in [0.717, 1.165) is 32.2 Å². The van der Waals surface area contributed by atoms with Gasteiger partial charge in [0.1, 0.15) is 0 Å². The Bertz CT molecular complexity index is 243. The third-order valence-corrected chi connectivity index (χ3v) is 4.01. The highest BCUT2D eigenvalue weighted by Crippen LogP contribution is 2.11. The Hall–Kier alpha value is -0.610.